The van der Waals surface area contributed by atoms with E-state index in [1.54, 1.807) is 23.6 Å². The van der Waals surface area contributed by atoms with Gasteiger partial charge in [-0.05, 0) is 26.0 Å². The molecule has 0 saturated heterocycles. The Morgan fingerprint density at radius 3 is 2.73 bits per heavy atom. The van der Waals surface area contributed by atoms with E-state index in [1.807, 2.05) is 24.4 Å². The first-order valence-electron chi connectivity index (χ1n) is 8.07. The van der Waals surface area contributed by atoms with Crippen LogP contribution in [0.25, 0.3) is 0 Å². The van der Waals surface area contributed by atoms with Gasteiger partial charge in [0.15, 0.2) is 9.47 Å². The molecule has 0 unspecified atom stereocenters. The van der Waals surface area contributed by atoms with Crippen molar-refractivity contribution in [1.29, 1.82) is 0 Å². The second-order valence-corrected chi connectivity index (χ2v) is 8.57. The van der Waals surface area contributed by atoms with Gasteiger partial charge in [-0.2, -0.15) is 0 Å². The number of aromatic nitrogens is 3. The Balaban J connectivity index is 1.57. The van der Waals surface area contributed by atoms with Crippen LogP contribution >= 0.6 is 34.4 Å². The molecule has 1 N–H and O–H groups in total. The van der Waals surface area contributed by atoms with Crippen LogP contribution in [0.4, 0.5) is 16.0 Å². The largest absolute Gasteiger partial charge is 0.330 e. The Bertz CT molecular complexity index is 875. The molecule has 2 aromatic heterocycles. The van der Waals surface area contributed by atoms with E-state index in [1.165, 1.54) is 28.2 Å². The predicted molar refractivity (Wildman–Crippen MR) is 110 cm³/mol. The van der Waals surface area contributed by atoms with Crippen molar-refractivity contribution in [3.05, 3.63) is 40.9 Å². The summed E-state index contributed by atoms with van der Waals surface area (Å²) in [5.41, 5.74) is 3.16. The number of carbonyl (C=O) groups is 1. The zero-order chi connectivity index (χ0) is 18.5. The summed E-state index contributed by atoms with van der Waals surface area (Å²) >= 11 is 4.60. The average molecular weight is 406 g/mol. The standard InChI is InChI=1S/C17H19N5OS3/c1-4-22(12(3)23)16-19-14(9-24-16)10-25-17-21-20-15(26-17)18-13-7-5-11(2)6-8-13/h5-9H,4,10H2,1-3H3,(H,18,20). The number of hydrogen-bond donors (Lipinski definition) is 1. The molecule has 2 heterocycles. The molecule has 6 nitrogen and oxygen atoms in total. The highest BCUT2D eigenvalue weighted by Crippen LogP contribution is 2.31. The third-order valence-electron chi connectivity index (χ3n) is 3.52. The van der Waals surface area contributed by atoms with Crippen LogP contribution in [-0.4, -0.2) is 27.6 Å². The van der Waals surface area contributed by atoms with E-state index < -0.39 is 0 Å². The van der Waals surface area contributed by atoms with Crippen LogP contribution < -0.4 is 10.2 Å². The smallest absolute Gasteiger partial charge is 0.225 e. The van der Waals surface area contributed by atoms with Crippen LogP contribution in [0.2, 0.25) is 0 Å². The second kappa shape index (κ2) is 8.61. The van der Waals surface area contributed by atoms with E-state index >= 15 is 0 Å². The van der Waals surface area contributed by atoms with Gasteiger partial charge in [0.1, 0.15) is 0 Å². The van der Waals surface area contributed by atoms with Crippen LogP contribution in [0.5, 0.6) is 0 Å². The van der Waals surface area contributed by atoms with Gasteiger partial charge in [-0.1, -0.05) is 40.8 Å². The van der Waals surface area contributed by atoms with Gasteiger partial charge in [0.25, 0.3) is 0 Å². The number of thioether (sulfide) groups is 1. The summed E-state index contributed by atoms with van der Waals surface area (Å²) in [6.45, 7) is 6.19. The zero-order valence-corrected chi connectivity index (χ0v) is 17.2. The first kappa shape index (κ1) is 18.8. The van der Waals surface area contributed by atoms with Crippen molar-refractivity contribution in [2.75, 3.05) is 16.8 Å². The van der Waals surface area contributed by atoms with Crippen LogP contribution in [-0.2, 0) is 10.5 Å². The number of carbonyl (C=O) groups excluding carboxylic acids is 1. The molecular formula is C17H19N5OS3. The van der Waals surface area contributed by atoms with Gasteiger partial charge in [0.05, 0.1) is 5.69 Å². The molecule has 0 fully saturated rings. The molecule has 0 saturated carbocycles. The lowest BCUT2D eigenvalue weighted by molar-refractivity contribution is -0.116. The molecule has 3 aromatic rings. The number of amides is 1. The van der Waals surface area contributed by atoms with E-state index in [0.717, 1.165) is 26.0 Å². The number of thiazole rings is 1. The maximum absolute atomic E-state index is 11.6. The lowest BCUT2D eigenvalue weighted by Crippen LogP contribution is -2.27. The summed E-state index contributed by atoms with van der Waals surface area (Å²) in [7, 11) is 0. The van der Waals surface area contributed by atoms with Crippen molar-refractivity contribution in [2.45, 2.75) is 30.9 Å². The van der Waals surface area contributed by atoms with Gasteiger partial charge in [-0.3, -0.25) is 9.69 Å². The third kappa shape index (κ3) is 4.80. The van der Waals surface area contributed by atoms with Crippen LogP contribution in [0.1, 0.15) is 25.1 Å². The molecule has 0 spiro atoms. The highest BCUT2D eigenvalue weighted by Gasteiger charge is 2.14. The van der Waals surface area contributed by atoms with E-state index in [2.05, 4.69) is 39.6 Å². The van der Waals surface area contributed by atoms with Crippen molar-refractivity contribution >= 4 is 56.3 Å². The first-order chi connectivity index (χ1) is 12.5. The number of anilines is 3. The molecule has 0 radical (unpaired) electrons. The van der Waals surface area contributed by atoms with Crippen molar-refractivity contribution in [3.8, 4) is 0 Å². The van der Waals surface area contributed by atoms with E-state index in [0.29, 0.717) is 12.3 Å². The number of nitrogens with one attached hydrogen (secondary N) is 1. The second-order valence-electron chi connectivity index (χ2n) is 5.54. The lowest BCUT2D eigenvalue weighted by atomic mass is 10.2. The molecule has 1 amide bonds. The first-order valence-corrected chi connectivity index (χ1v) is 10.8. The summed E-state index contributed by atoms with van der Waals surface area (Å²) in [6, 6.07) is 8.16. The highest BCUT2D eigenvalue weighted by atomic mass is 32.2. The van der Waals surface area contributed by atoms with E-state index in [-0.39, 0.29) is 5.91 Å². The molecule has 136 valence electrons. The SMILES string of the molecule is CCN(C(C)=O)c1nc(CSc2nnc(Nc3ccc(C)cc3)s2)cs1. The number of benzene rings is 1. The Morgan fingerprint density at radius 2 is 2.04 bits per heavy atom. The molecular weight excluding hydrogens is 386 g/mol. The molecule has 0 atom stereocenters. The van der Waals surface area contributed by atoms with Gasteiger partial charge < -0.3 is 5.32 Å². The molecule has 3 rings (SSSR count). The fourth-order valence-corrected chi connectivity index (χ4v) is 4.90. The summed E-state index contributed by atoms with van der Waals surface area (Å²) in [6.07, 6.45) is 0. The lowest BCUT2D eigenvalue weighted by Gasteiger charge is -2.14. The molecule has 0 aliphatic heterocycles. The Labute approximate surface area is 164 Å². The monoisotopic (exact) mass is 405 g/mol. The maximum atomic E-state index is 11.6. The zero-order valence-electron chi connectivity index (χ0n) is 14.7. The molecule has 26 heavy (non-hydrogen) atoms. The van der Waals surface area contributed by atoms with Crippen LogP contribution in [0.3, 0.4) is 0 Å². The fraction of sp³-hybridized carbons (Fsp3) is 0.294. The van der Waals surface area contributed by atoms with Gasteiger partial charge in [-0.25, -0.2) is 4.98 Å². The normalized spacial score (nSPS) is 10.7. The molecule has 0 aliphatic rings. The fourth-order valence-electron chi connectivity index (χ4n) is 2.19. The molecule has 9 heteroatoms. The number of hydrogen-bond acceptors (Lipinski definition) is 8. The Hall–Kier alpha value is -1.97. The van der Waals surface area contributed by atoms with Crippen molar-refractivity contribution < 1.29 is 4.79 Å². The topological polar surface area (TPSA) is 71.0 Å². The molecule has 0 bridgehead atoms. The molecule has 1 aromatic carbocycles. The minimum Gasteiger partial charge on any atom is -0.330 e. The minimum atomic E-state index is 0.0111. The summed E-state index contributed by atoms with van der Waals surface area (Å²) < 4.78 is 0.882. The van der Waals surface area contributed by atoms with Crippen molar-refractivity contribution in [1.82, 2.24) is 15.2 Å². The van der Waals surface area contributed by atoms with Crippen LogP contribution in [0, 0.1) is 6.92 Å². The van der Waals surface area contributed by atoms with Gasteiger partial charge in [0.2, 0.25) is 11.0 Å². The number of aryl methyl sites for hydroxylation is 1. The van der Waals surface area contributed by atoms with Crippen molar-refractivity contribution in [2.24, 2.45) is 0 Å². The number of rotatable bonds is 7. The average Bonchev–Trinajstić information content (AvgIpc) is 3.25. The summed E-state index contributed by atoms with van der Waals surface area (Å²) in [5, 5.41) is 15.2. The quantitative estimate of drug-likeness (QED) is 0.574. The van der Waals surface area contributed by atoms with Gasteiger partial charge >= 0.3 is 0 Å². The van der Waals surface area contributed by atoms with Gasteiger partial charge in [0, 0.05) is 30.3 Å². The molecule has 0 aliphatic carbocycles. The maximum Gasteiger partial charge on any atom is 0.225 e. The van der Waals surface area contributed by atoms with E-state index in [9.17, 15) is 4.79 Å². The summed E-state index contributed by atoms with van der Waals surface area (Å²) in [4.78, 5) is 17.8. The van der Waals surface area contributed by atoms with Gasteiger partial charge in [-0.15, -0.1) is 21.5 Å². The predicted octanol–water partition coefficient (Wildman–Crippen LogP) is 4.71. The highest BCUT2D eigenvalue weighted by molar-refractivity contribution is 8.00. The number of nitrogens with zero attached hydrogens (tertiary/aromatic N) is 4. The minimum absolute atomic E-state index is 0.0111. The third-order valence-corrected chi connectivity index (χ3v) is 6.44. The Kier molecular flexibility index (Phi) is 6.23. The summed E-state index contributed by atoms with van der Waals surface area (Å²) in [5.74, 6) is 0.711. The Morgan fingerprint density at radius 1 is 1.27 bits per heavy atom. The van der Waals surface area contributed by atoms with Crippen molar-refractivity contribution in [3.63, 3.8) is 0 Å². The van der Waals surface area contributed by atoms with E-state index in [4.69, 9.17) is 0 Å². The van der Waals surface area contributed by atoms with Crippen LogP contribution in [0.15, 0.2) is 34.0 Å².